The molecule has 2 aliphatic heterocycles. The van der Waals surface area contributed by atoms with Gasteiger partial charge in [0.1, 0.15) is 24.3 Å². The summed E-state index contributed by atoms with van der Waals surface area (Å²) in [5.41, 5.74) is 9.20. The number of hydrogen-bond acceptors (Lipinski definition) is 7. The maximum atomic E-state index is 13.6. The molecule has 1 saturated heterocycles. The number of halogens is 1. The van der Waals surface area contributed by atoms with Crippen LogP contribution in [0.3, 0.4) is 0 Å². The van der Waals surface area contributed by atoms with Crippen LogP contribution in [-0.2, 0) is 13.0 Å². The standard InChI is InChI=1S/C24H28FN5O2/c1-29-12-16(25)10-17(29)14-32-24-27-21-13-30(8-7-20(21)23(26)28-24)22-11-18(31-2)9-15-5-3-4-6-19(15)22/h3-6,9,11,16-17H,7-8,10,12-14H2,1-2H3,(H2,26,27,28)/t16-,17+/m1/s1. The van der Waals surface area contributed by atoms with Gasteiger partial charge in [0.05, 0.1) is 19.3 Å². The average Bonchev–Trinajstić information content (AvgIpc) is 3.13. The van der Waals surface area contributed by atoms with E-state index in [4.69, 9.17) is 15.2 Å². The number of hydrogen-bond donors (Lipinski definition) is 1. The SMILES string of the molecule is COc1cc(N2CCc3c(N)nc(OC[C@@H]4C[C@@H](F)CN4C)nc3C2)c2ccccc2c1. The molecule has 0 spiro atoms. The van der Waals surface area contributed by atoms with Crippen LogP contribution in [0.15, 0.2) is 36.4 Å². The summed E-state index contributed by atoms with van der Waals surface area (Å²) in [7, 11) is 3.59. The van der Waals surface area contributed by atoms with Crippen molar-refractivity contribution in [2.45, 2.75) is 31.6 Å². The highest BCUT2D eigenvalue weighted by molar-refractivity contribution is 5.95. The van der Waals surface area contributed by atoms with Gasteiger partial charge >= 0.3 is 6.01 Å². The fourth-order valence-electron chi connectivity index (χ4n) is 4.73. The van der Waals surface area contributed by atoms with Gasteiger partial charge in [-0.2, -0.15) is 9.97 Å². The van der Waals surface area contributed by atoms with Crippen molar-refractivity contribution in [3.8, 4) is 11.8 Å². The fourth-order valence-corrected chi connectivity index (χ4v) is 4.73. The molecular weight excluding hydrogens is 409 g/mol. The van der Waals surface area contributed by atoms with Gasteiger partial charge in [-0.05, 0) is 31.3 Å². The normalized spacial score (nSPS) is 21.0. The van der Waals surface area contributed by atoms with Crippen molar-refractivity contribution < 1.29 is 13.9 Å². The molecule has 1 aromatic heterocycles. The smallest absolute Gasteiger partial charge is 0.318 e. The molecule has 2 aromatic carbocycles. The minimum atomic E-state index is -0.811. The van der Waals surface area contributed by atoms with E-state index in [1.165, 1.54) is 5.39 Å². The van der Waals surface area contributed by atoms with E-state index in [0.29, 0.717) is 31.9 Å². The Labute approximate surface area is 186 Å². The largest absolute Gasteiger partial charge is 0.497 e. The minimum absolute atomic E-state index is 0.0190. The van der Waals surface area contributed by atoms with Crippen LogP contribution in [-0.4, -0.2) is 60.9 Å². The second-order valence-corrected chi connectivity index (χ2v) is 8.59. The fraction of sp³-hybridized carbons (Fsp3) is 0.417. The zero-order valence-corrected chi connectivity index (χ0v) is 18.4. The van der Waals surface area contributed by atoms with Gasteiger partial charge < -0.3 is 20.1 Å². The van der Waals surface area contributed by atoms with Gasteiger partial charge in [0, 0.05) is 41.8 Å². The molecule has 8 heteroatoms. The molecule has 1 fully saturated rings. The summed E-state index contributed by atoms with van der Waals surface area (Å²) in [5, 5.41) is 2.30. The van der Waals surface area contributed by atoms with Gasteiger partial charge in [-0.3, -0.25) is 4.90 Å². The molecule has 32 heavy (non-hydrogen) atoms. The molecule has 7 nitrogen and oxygen atoms in total. The van der Waals surface area contributed by atoms with Gasteiger partial charge in [-0.25, -0.2) is 4.39 Å². The van der Waals surface area contributed by atoms with Crippen molar-refractivity contribution in [1.82, 2.24) is 14.9 Å². The molecule has 3 aromatic rings. The highest BCUT2D eigenvalue weighted by Gasteiger charge is 2.30. The number of nitrogens with two attached hydrogens (primary N) is 1. The van der Waals surface area contributed by atoms with E-state index in [1.807, 2.05) is 30.1 Å². The molecular formula is C24H28FN5O2. The Morgan fingerprint density at radius 1 is 1.22 bits per heavy atom. The summed E-state index contributed by atoms with van der Waals surface area (Å²) in [6, 6.07) is 12.7. The molecule has 0 amide bonds. The van der Waals surface area contributed by atoms with Gasteiger partial charge in [0.2, 0.25) is 0 Å². The van der Waals surface area contributed by atoms with Crippen molar-refractivity contribution in [2.24, 2.45) is 0 Å². The second-order valence-electron chi connectivity index (χ2n) is 8.59. The lowest BCUT2D eigenvalue weighted by Gasteiger charge is -2.31. The van der Waals surface area contributed by atoms with Crippen LogP contribution in [0, 0.1) is 0 Å². The number of likely N-dealkylation sites (tertiary alicyclic amines) is 1. The van der Waals surface area contributed by atoms with Crippen molar-refractivity contribution in [2.75, 3.05) is 44.5 Å². The highest BCUT2D eigenvalue weighted by atomic mass is 19.1. The van der Waals surface area contributed by atoms with Crippen LogP contribution < -0.4 is 20.1 Å². The van der Waals surface area contributed by atoms with Gasteiger partial charge in [0.25, 0.3) is 0 Å². The first-order valence-electron chi connectivity index (χ1n) is 11.0. The van der Waals surface area contributed by atoms with Crippen molar-refractivity contribution in [3.63, 3.8) is 0 Å². The predicted octanol–water partition coefficient (Wildman–Crippen LogP) is 3.20. The number of aromatic nitrogens is 2. The maximum absolute atomic E-state index is 13.6. The zero-order valence-electron chi connectivity index (χ0n) is 18.4. The number of rotatable bonds is 5. The van der Waals surface area contributed by atoms with Crippen molar-refractivity contribution in [1.29, 1.82) is 0 Å². The summed E-state index contributed by atoms with van der Waals surface area (Å²) in [4.78, 5) is 13.3. The third-order valence-electron chi connectivity index (χ3n) is 6.51. The molecule has 0 aliphatic carbocycles. The lowest BCUT2D eigenvalue weighted by Crippen LogP contribution is -2.33. The molecule has 168 valence electrons. The molecule has 5 rings (SSSR count). The summed E-state index contributed by atoms with van der Waals surface area (Å²) >= 11 is 0. The van der Waals surface area contributed by atoms with E-state index in [2.05, 4.69) is 33.1 Å². The first kappa shape index (κ1) is 20.8. The molecule has 0 radical (unpaired) electrons. The van der Waals surface area contributed by atoms with Crippen LogP contribution in [0.5, 0.6) is 11.8 Å². The van der Waals surface area contributed by atoms with Crippen LogP contribution >= 0.6 is 0 Å². The number of methoxy groups -OCH3 is 1. The van der Waals surface area contributed by atoms with Crippen LogP contribution in [0.1, 0.15) is 17.7 Å². The number of benzene rings is 2. The summed E-state index contributed by atoms with van der Waals surface area (Å²) < 4.78 is 25.0. The van der Waals surface area contributed by atoms with E-state index in [0.717, 1.165) is 41.0 Å². The molecule has 0 bridgehead atoms. The topological polar surface area (TPSA) is 76.7 Å². The third kappa shape index (κ3) is 3.90. The van der Waals surface area contributed by atoms with Crippen molar-refractivity contribution >= 4 is 22.3 Å². The highest BCUT2D eigenvalue weighted by Crippen LogP contribution is 2.35. The summed E-state index contributed by atoms with van der Waals surface area (Å²) in [6.45, 7) is 2.19. The summed E-state index contributed by atoms with van der Waals surface area (Å²) in [6.07, 6.45) is 0.407. The quantitative estimate of drug-likeness (QED) is 0.657. The minimum Gasteiger partial charge on any atom is -0.497 e. The van der Waals surface area contributed by atoms with E-state index in [9.17, 15) is 4.39 Å². The monoisotopic (exact) mass is 437 g/mol. The van der Waals surface area contributed by atoms with Crippen LogP contribution in [0.2, 0.25) is 0 Å². The molecule has 0 unspecified atom stereocenters. The molecule has 2 aliphatic rings. The van der Waals surface area contributed by atoms with Crippen LogP contribution in [0.25, 0.3) is 10.8 Å². The molecule has 3 heterocycles. The van der Waals surface area contributed by atoms with Gasteiger partial charge in [-0.1, -0.05) is 24.3 Å². The maximum Gasteiger partial charge on any atom is 0.318 e. The lowest BCUT2D eigenvalue weighted by atomic mass is 10.0. The molecule has 2 atom stereocenters. The van der Waals surface area contributed by atoms with E-state index in [1.54, 1.807) is 7.11 Å². The molecule has 0 saturated carbocycles. The summed E-state index contributed by atoms with van der Waals surface area (Å²) in [5.74, 6) is 1.28. The number of likely N-dealkylation sites (N-methyl/N-ethyl adjacent to an activating group) is 1. The van der Waals surface area contributed by atoms with E-state index >= 15 is 0 Å². The Morgan fingerprint density at radius 2 is 2.06 bits per heavy atom. The molecule has 2 N–H and O–H groups in total. The second kappa shape index (κ2) is 8.43. The number of nitrogen functional groups attached to an aromatic ring is 1. The zero-order chi connectivity index (χ0) is 22.2. The van der Waals surface area contributed by atoms with Gasteiger partial charge in [-0.15, -0.1) is 0 Å². The van der Waals surface area contributed by atoms with E-state index in [-0.39, 0.29) is 12.1 Å². The Balaban J connectivity index is 1.40. The average molecular weight is 438 g/mol. The lowest BCUT2D eigenvalue weighted by molar-refractivity contribution is 0.187. The van der Waals surface area contributed by atoms with Crippen LogP contribution in [0.4, 0.5) is 15.9 Å². The predicted molar refractivity (Wildman–Crippen MR) is 123 cm³/mol. The Hall–Kier alpha value is -3.13. The first-order valence-corrected chi connectivity index (χ1v) is 11.0. The van der Waals surface area contributed by atoms with Crippen molar-refractivity contribution in [3.05, 3.63) is 47.7 Å². The van der Waals surface area contributed by atoms with E-state index < -0.39 is 6.17 Å². The third-order valence-corrected chi connectivity index (χ3v) is 6.51. The number of fused-ring (bicyclic) bond motifs is 2. The van der Waals surface area contributed by atoms with Gasteiger partial charge in [0.15, 0.2) is 0 Å². The number of alkyl halides is 1. The Kier molecular flexibility index (Phi) is 5.46. The number of ether oxygens (including phenoxy) is 2. The Bertz CT molecular complexity index is 1140. The Morgan fingerprint density at radius 3 is 2.84 bits per heavy atom. The first-order chi connectivity index (χ1) is 15.5. The number of anilines is 2. The number of nitrogens with zero attached hydrogens (tertiary/aromatic N) is 4.